The standard InChI is InChI=1S/C27H45NO8Si/c1-5-34-37(35-6-2,36-7-3)21-13-18-28-27(31)33-20-11-9-8-10-19-32-25-17-16-24(23(4)22-25)14-12-15-26(29)30/h12,15-17,22H,5-11,13-14,18-21H2,1-4H3,(H,28,31)(H,29,30). The van der Waals surface area contributed by atoms with Gasteiger partial charge in [0.15, 0.2) is 0 Å². The molecule has 1 aromatic carbocycles. The van der Waals surface area contributed by atoms with Crippen LogP contribution in [0.25, 0.3) is 0 Å². The molecule has 10 heteroatoms. The van der Waals surface area contributed by atoms with Crippen molar-refractivity contribution >= 4 is 20.9 Å². The molecule has 2 N–H and O–H groups in total. The summed E-state index contributed by atoms with van der Waals surface area (Å²) < 4.78 is 28.5. The number of alkyl carbamates (subject to hydrolysis) is 1. The maximum Gasteiger partial charge on any atom is 0.500 e. The Balaban J connectivity index is 2.12. The molecular formula is C27H45NO8Si. The topological polar surface area (TPSA) is 113 Å². The van der Waals surface area contributed by atoms with Gasteiger partial charge in [-0.05, 0) is 89.5 Å². The van der Waals surface area contributed by atoms with Crippen molar-refractivity contribution in [3.63, 3.8) is 0 Å². The number of aryl methyl sites for hydroxylation is 1. The molecule has 0 radical (unpaired) electrons. The molecule has 0 bridgehead atoms. The molecule has 9 nitrogen and oxygen atoms in total. The van der Waals surface area contributed by atoms with Gasteiger partial charge in [0.1, 0.15) is 5.75 Å². The first-order valence-corrected chi connectivity index (χ1v) is 15.2. The molecule has 0 spiro atoms. The number of nitrogens with one attached hydrogen (secondary N) is 1. The first-order valence-electron chi connectivity index (χ1n) is 13.3. The third-order valence-electron chi connectivity index (χ3n) is 5.47. The van der Waals surface area contributed by atoms with Gasteiger partial charge in [-0.1, -0.05) is 12.1 Å². The van der Waals surface area contributed by atoms with E-state index < -0.39 is 20.9 Å². The van der Waals surface area contributed by atoms with E-state index in [1.165, 1.54) is 0 Å². The van der Waals surface area contributed by atoms with Crippen LogP contribution in [0.3, 0.4) is 0 Å². The average Bonchev–Trinajstić information content (AvgIpc) is 2.85. The highest BCUT2D eigenvalue weighted by molar-refractivity contribution is 6.60. The number of rotatable bonds is 21. The smallest absolute Gasteiger partial charge is 0.494 e. The Bertz CT molecular complexity index is 801. The van der Waals surface area contributed by atoms with Crippen LogP contribution < -0.4 is 10.1 Å². The van der Waals surface area contributed by atoms with Crippen molar-refractivity contribution in [2.75, 3.05) is 39.6 Å². The molecule has 0 aliphatic rings. The second-order valence-corrected chi connectivity index (χ2v) is 11.2. The summed E-state index contributed by atoms with van der Waals surface area (Å²) >= 11 is 0. The van der Waals surface area contributed by atoms with Crippen molar-refractivity contribution in [1.82, 2.24) is 5.32 Å². The third kappa shape index (κ3) is 14.8. The number of ether oxygens (including phenoxy) is 2. The van der Waals surface area contributed by atoms with Crippen molar-refractivity contribution in [2.45, 2.75) is 72.3 Å². The first kappa shape index (κ1) is 32.6. The summed E-state index contributed by atoms with van der Waals surface area (Å²) in [6.07, 6.45) is 7.33. The highest BCUT2D eigenvalue weighted by Gasteiger charge is 2.39. The first-order chi connectivity index (χ1) is 17.9. The van der Waals surface area contributed by atoms with E-state index in [1.54, 1.807) is 6.08 Å². The fourth-order valence-electron chi connectivity index (χ4n) is 3.73. The van der Waals surface area contributed by atoms with E-state index in [4.69, 9.17) is 27.9 Å². The summed E-state index contributed by atoms with van der Waals surface area (Å²) in [5, 5.41) is 11.5. The largest absolute Gasteiger partial charge is 0.500 e. The van der Waals surface area contributed by atoms with Crippen LogP contribution in [0.4, 0.5) is 4.79 Å². The SMILES string of the molecule is CCO[Si](CCCNC(=O)OCCCCCCOc1ccc(CC=CC(=O)O)c(C)c1)(OCC)OCC. The Morgan fingerprint density at radius 1 is 0.946 bits per heavy atom. The van der Waals surface area contributed by atoms with Crippen LogP contribution in [0.2, 0.25) is 6.04 Å². The van der Waals surface area contributed by atoms with Crippen molar-refractivity contribution < 1.29 is 37.4 Å². The van der Waals surface area contributed by atoms with Crippen molar-refractivity contribution in [3.8, 4) is 5.75 Å². The van der Waals surface area contributed by atoms with Crippen molar-refractivity contribution in [1.29, 1.82) is 0 Å². The Hall–Kier alpha value is -2.40. The minimum absolute atomic E-state index is 0.388. The molecule has 0 saturated heterocycles. The minimum atomic E-state index is -2.67. The van der Waals surface area contributed by atoms with Gasteiger partial charge in [0, 0.05) is 38.5 Å². The number of unbranched alkanes of at least 4 members (excludes halogenated alkanes) is 3. The molecule has 1 rings (SSSR count). The van der Waals surface area contributed by atoms with E-state index >= 15 is 0 Å². The van der Waals surface area contributed by atoms with Gasteiger partial charge < -0.3 is 33.2 Å². The lowest BCUT2D eigenvalue weighted by atomic mass is 10.1. The molecule has 0 heterocycles. The Morgan fingerprint density at radius 2 is 1.59 bits per heavy atom. The number of carboxylic acid groups (broad SMARTS) is 1. The van der Waals surface area contributed by atoms with Crippen LogP contribution in [-0.2, 0) is 29.2 Å². The Morgan fingerprint density at radius 3 is 2.19 bits per heavy atom. The maximum absolute atomic E-state index is 11.9. The van der Waals surface area contributed by atoms with Gasteiger partial charge in [-0.2, -0.15) is 0 Å². The molecule has 0 aliphatic carbocycles. The highest BCUT2D eigenvalue weighted by Crippen LogP contribution is 2.19. The van der Waals surface area contributed by atoms with Crippen LogP contribution in [0, 0.1) is 6.92 Å². The molecule has 0 aliphatic heterocycles. The van der Waals surface area contributed by atoms with Crippen LogP contribution in [-0.4, -0.2) is 65.6 Å². The fourth-order valence-corrected chi connectivity index (χ4v) is 6.35. The van der Waals surface area contributed by atoms with E-state index in [9.17, 15) is 9.59 Å². The Labute approximate surface area is 222 Å². The predicted molar refractivity (Wildman–Crippen MR) is 145 cm³/mol. The van der Waals surface area contributed by atoms with Gasteiger partial charge in [0.2, 0.25) is 0 Å². The van der Waals surface area contributed by atoms with Crippen LogP contribution in [0.15, 0.2) is 30.4 Å². The molecule has 0 unspecified atom stereocenters. The van der Waals surface area contributed by atoms with Crippen LogP contribution >= 0.6 is 0 Å². The molecule has 210 valence electrons. The quantitative estimate of drug-likeness (QED) is 0.123. The number of carboxylic acids is 1. The number of carbonyl (C=O) groups is 2. The van der Waals surface area contributed by atoms with Crippen molar-refractivity contribution in [2.24, 2.45) is 0 Å². The van der Waals surface area contributed by atoms with Crippen molar-refractivity contribution in [3.05, 3.63) is 41.5 Å². The van der Waals surface area contributed by atoms with E-state index in [-0.39, 0.29) is 0 Å². The van der Waals surface area contributed by atoms with Gasteiger partial charge in [0.25, 0.3) is 0 Å². The number of hydrogen-bond acceptors (Lipinski definition) is 7. The van der Waals surface area contributed by atoms with E-state index in [0.717, 1.165) is 48.6 Å². The maximum atomic E-state index is 11.9. The summed E-state index contributed by atoms with van der Waals surface area (Å²) in [7, 11) is -2.67. The van der Waals surface area contributed by atoms with Gasteiger partial charge in [0.05, 0.1) is 13.2 Å². The van der Waals surface area contributed by atoms with Gasteiger partial charge in [-0.25, -0.2) is 9.59 Å². The van der Waals surface area contributed by atoms with Crippen LogP contribution in [0.5, 0.6) is 5.75 Å². The fraction of sp³-hybridized carbons (Fsp3) is 0.630. The van der Waals surface area contributed by atoms with Gasteiger partial charge >= 0.3 is 20.9 Å². The second kappa shape index (κ2) is 19.7. The number of benzene rings is 1. The predicted octanol–water partition coefficient (Wildman–Crippen LogP) is 5.28. The number of aliphatic carboxylic acids is 1. The molecule has 0 fully saturated rings. The number of carbonyl (C=O) groups excluding carboxylic acids is 1. The van der Waals surface area contributed by atoms with E-state index in [1.807, 2.05) is 45.9 Å². The lowest BCUT2D eigenvalue weighted by molar-refractivity contribution is -0.131. The lowest BCUT2D eigenvalue weighted by Gasteiger charge is -2.28. The zero-order valence-corrected chi connectivity index (χ0v) is 23.9. The molecule has 1 amide bonds. The molecule has 0 atom stereocenters. The molecular weight excluding hydrogens is 494 g/mol. The molecule has 0 aromatic heterocycles. The summed E-state index contributed by atoms with van der Waals surface area (Å²) in [5.41, 5.74) is 2.15. The van der Waals surface area contributed by atoms with Gasteiger partial charge in [-0.3, -0.25) is 0 Å². The number of allylic oxidation sites excluding steroid dienone is 1. The van der Waals surface area contributed by atoms with Crippen LogP contribution in [0.1, 0.15) is 64.0 Å². The van der Waals surface area contributed by atoms with E-state index in [2.05, 4.69) is 5.32 Å². The third-order valence-corrected chi connectivity index (χ3v) is 8.63. The molecule has 0 saturated carbocycles. The lowest BCUT2D eigenvalue weighted by Crippen LogP contribution is -2.46. The summed E-state index contributed by atoms with van der Waals surface area (Å²) in [6, 6.07) is 6.51. The second-order valence-electron chi connectivity index (χ2n) is 8.44. The zero-order chi connectivity index (χ0) is 27.4. The molecule has 37 heavy (non-hydrogen) atoms. The normalized spacial score (nSPS) is 11.6. The minimum Gasteiger partial charge on any atom is -0.494 e. The van der Waals surface area contributed by atoms with Gasteiger partial charge in [-0.15, -0.1) is 0 Å². The molecule has 1 aromatic rings. The zero-order valence-electron chi connectivity index (χ0n) is 22.9. The number of amides is 1. The average molecular weight is 540 g/mol. The van der Waals surface area contributed by atoms with E-state index in [0.29, 0.717) is 58.5 Å². The summed E-state index contributed by atoms with van der Waals surface area (Å²) in [5.74, 6) is -0.127. The summed E-state index contributed by atoms with van der Waals surface area (Å²) in [4.78, 5) is 22.5. The monoisotopic (exact) mass is 539 g/mol. The number of hydrogen-bond donors (Lipinski definition) is 2. The Kier molecular flexibility index (Phi) is 17.3. The highest BCUT2D eigenvalue weighted by atomic mass is 28.4. The summed E-state index contributed by atoms with van der Waals surface area (Å²) in [6.45, 7) is 10.9.